The topological polar surface area (TPSA) is 35.0 Å². The molecule has 15 heavy (non-hydrogen) atoms. The van der Waals surface area contributed by atoms with Gasteiger partial charge in [0, 0.05) is 5.56 Å². The van der Waals surface area contributed by atoms with Gasteiger partial charge in [0.2, 0.25) is 5.82 Å². The molecule has 1 aromatic carbocycles. The molecule has 0 radical (unpaired) electrons. The fourth-order valence-corrected chi connectivity index (χ4v) is 1.22. The maximum atomic E-state index is 13.0. The lowest BCUT2D eigenvalue weighted by Crippen LogP contribution is -1.96. The van der Waals surface area contributed by atoms with Gasteiger partial charge in [-0.3, -0.25) is 0 Å². The third-order valence-corrected chi connectivity index (χ3v) is 1.94. The molecule has 3 nitrogen and oxygen atoms in total. The summed E-state index contributed by atoms with van der Waals surface area (Å²) in [6.45, 7) is 0. The molecule has 0 unspecified atom stereocenters. The normalized spacial score (nSPS) is 10.0. The highest BCUT2D eigenvalue weighted by Gasteiger charge is 2.07. The van der Waals surface area contributed by atoms with Crippen molar-refractivity contribution in [3.63, 3.8) is 0 Å². The first-order chi connectivity index (χ1) is 7.31. The maximum absolute atomic E-state index is 13.0. The van der Waals surface area contributed by atoms with Crippen molar-refractivity contribution < 1.29 is 9.13 Å². The minimum Gasteiger partial charge on any atom is -0.479 e. The fraction of sp³-hybridized carbons (Fsp3) is 0.0909. The summed E-state index contributed by atoms with van der Waals surface area (Å²) in [5, 5.41) is 0. The van der Waals surface area contributed by atoms with Crippen molar-refractivity contribution in [2.75, 3.05) is 7.11 Å². The molecule has 2 rings (SSSR count). The predicted molar refractivity (Wildman–Crippen MR) is 54.0 cm³/mol. The molecule has 0 N–H and O–H groups in total. The number of rotatable bonds is 2. The first-order valence-electron chi connectivity index (χ1n) is 4.43. The number of hydrogen-bond acceptors (Lipinski definition) is 3. The van der Waals surface area contributed by atoms with E-state index in [2.05, 4.69) is 9.97 Å². The van der Waals surface area contributed by atoms with E-state index >= 15 is 0 Å². The zero-order valence-electron chi connectivity index (χ0n) is 8.14. The quantitative estimate of drug-likeness (QED) is 0.752. The first kappa shape index (κ1) is 9.58. The lowest BCUT2D eigenvalue weighted by molar-refractivity contribution is 0.367. The van der Waals surface area contributed by atoms with Gasteiger partial charge in [-0.1, -0.05) is 30.3 Å². The van der Waals surface area contributed by atoms with E-state index in [1.807, 2.05) is 30.3 Å². The number of benzene rings is 1. The van der Waals surface area contributed by atoms with Crippen LogP contribution in [0.1, 0.15) is 0 Å². The second-order valence-corrected chi connectivity index (χ2v) is 2.92. The van der Waals surface area contributed by atoms with E-state index in [1.54, 1.807) is 0 Å². The smallest absolute Gasteiger partial charge is 0.253 e. The van der Waals surface area contributed by atoms with Crippen molar-refractivity contribution in [3.05, 3.63) is 42.3 Å². The molecular weight excluding hydrogens is 195 g/mol. The van der Waals surface area contributed by atoms with Crippen molar-refractivity contribution in [2.24, 2.45) is 0 Å². The molecule has 0 aliphatic heterocycles. The van der Waals surface area contributed by atoms with E-state index in [0.29, 0.717) is 5.82 Å². The van der Waals surface area contributed by atoms with Crippen LogP contribution in [0.2, 0.25) is 0 Å². The SMILES string of the molecule is COc1nc(-c2ccccc2)ncc1F. The van der Waals surface area contributed by atoms with Gasteiger partial charge in [0.05, 0.1) is 13.3 Å². The number of hydrogen-bond donors (Lipinski definition) is 0. The molecular formula is C11H9FN2O. The Bertz CT molecular complexity index is 459. The summed E-state index contributed by atoms with van der Waals surface area (Å²) in [5.74, 6) is -0.144. The fourth-order valence-electron chi connectivity index (χ4n) is 1.22. The summed E-state index contributed by atoms with van der Waals surface area (Å²) in [5.41, 5.74) is 0.829. The highest BCUT2D eigenvalue weighted by Crippen LogP contribution is 2.18. The lowest BCUT2D eigenvalue weighted by atomic mass is 10.2. The molecule has 0 aliphatic rings. The molecule has 0 saturated heterocycles. The van der Waals surface area contributed by atoms with Gasteiger partial charge in [0.25, 0.3) is 5.88 Å². The minimum atomic E-state index is -0.558. The van der Waals surface area contributed by atoms with Gasteiger partial charge < -0.3 is 4.74 Å². The van der Waals surface area contributed by atoms with Crippen LogP contribution >= 0.6 is 0 Å². The summed E-state index contributed by atoms with van der Waals surface area (Å²) in [7, 11) is 1.38. The highest BCUT2D eigenvalue weighted by atomic mass is 19.1. The maximum Gasteiger partial charge on any atom is 0.253 e. The average molecular weight is 204 g/mol. The second-order valence-electron chi connectivity index (χ2n) is 2.92. The predicted octanol–water partition coefficient (Wildman–Crippen LogP) is 2.29. The van der Waals surface area contributed by atoms with Crippen molar-refractivity contribution in [1.82, 2.24) is 9.97 Å². The number of methoxy groups -OCH3 is 1. The van der Waals surface area contributed by atoms with Crippen LogP contribution in [0.3, 0.4) is 0 Å². The summed E-state index contributed by atoms with van der Waals surface area (Å²) >= 11 is 0. The van der Waals surface area contributed by atoms with Gasteiger partial charge in [-0.2, -0.15) is 9.37 Å². The molecule has 2 aromatic rings. The Labute approximate surface area is 86.6 Å². The van der Waals surface area contributed by atoms with Crippen molar-refractivity contribution >= 4 is 0 Å². The van der Waals surface area contributed by atoms with Gasteiger partial charge in [0.15, 0.2) is 5.82 Å². The lowest BCUT2D eigenvalue weighted by Gasteiger charge is -2.03. The second kappa shape index (κ2) is 4.04. The van der Waals surface area contributed by atoms with Crippen LogP contribution in [0.15, 0.2) is 36.5 Å². The van der Waals surface area contributed by atoms with Crippen LogP contribution < -0.4 is 4.74 Å². The number of halogens is 1. The molecule has 0 atom stereocenters. The third-order valence-electron chi connectivity index (χ3n) is 1.94. The van der Waals surface area contributed by atoms with Crippen LogP contribution in [-0.2, 0) is 0 Å². The van der Waals surface area contributed by atoms with Crippen LogP contribution in [0, 0.1) is 5.82 Å². The molecule has 0 fully saturated rings. The Morgan fingerprint density at radius 1 is 1.20 bits per heavy atom. The molecule has 0 saturated carbocycles. The van der Waals surface area contributed by atoms with E-state index in [0.717, 1.165) is 11.8 Å². The molecule has 1 aromatic heterocycles. The third kappa shape index (κ3) is 1.93. The minimum absolute atomic E-state index is 0.0381. The van der Waals surface area contributed by atoms with Crippen molar-refractivity contribution in [2.45, 2.75) is 0 Å². The van der Waals surface area contributed by atoms with E-state index in [4.69, 9.17) is 4.74 Å². The number of aromatic nitrogens is 2. The molecule has 76 valence electrons. The summed E-state index contributed by atoms with van der Waals surface area (Å²) < 4.78 is 17.8. The van der Waals surface area contributed by atoms with E-state index in [9.17, 15) is 4.39 Å². The van der Waals surface area contributed by atoms with Gasteiger partial charge in [0.1, 0.15) is 0 Å². The van der Waals surface area contributed by atoms with E-state index < -0.39 is 5.82 Å². The Kier molecular flexibility index (Phi) is 2.58. The largest absolute Gasteiger partial charge is 0.479 e. The Morgan fingerprint density at radius 3 is 2.60 bits per heavy atom. The van der Waals surface area contributed by atoms with Gasteiger partial charge in [-0.25, -0.2) is 4.98 Å². The zero-order valence-corrected chi connectivity index (χ0v) is 8.14. The standard InChI is InChI=1S/C11H9FN2O/c1-15-11-9(12)7-13-10(14-11)8-5-3-2-4-6-8/h2-7H,1H3. The average Bonchev–Trinajstić information content (AvgIpc) is 2.31. The summed E-state index contributed by atoms with van der Waals surface area (Å²) in [6.07, 6.45) is 1.11. The van der Waals surface area contributed by atoms with Gasteiger partial charge in [-0.15, -0.1) is 0 Å². The van der Waals surface area contributed by atoms with Gasteiger partial charge in [-0.05, 0) is 0 Å². The summed E-state index contributed by atoms with van der Waals surface area (Å²) in [4.78, 5) is 7.84. The molecule has 1 heterocycles. The van der Waals surface area contributed by atoms with Crippen LogP contribution in [0.25, 0.3) is 11.4 Å². The monoisotopic (exact) mass is 204 g/mol. The summed E-state index contributed by atoms with van der Waals surface area (Å²) in [6, 6.07) is 9.34. The van der Waals surface area contributed by atoms with E-state index in [-0.39, 0.29) is 5.88 Å². The number of nitrogens with zero attached hydrogens (tertiary/aromatic N) is 2. The molecule has 4 heteroatoms. The van der Waals surface area contributed by atoms with Crippen molar-refractivity contribution in [1.29, 1.82) is 0 Å². The van der Waals surface area contributed by atoms with E-state index in [1.165, 1.54) is 7.11 Å². The molecule has 0 aliphatic carbocycles. The van der Waals surface area contributed by atoms with Crippen LogP contribution in [-0.4, -0.2) is 17.1 Å². The van der Waals surface area contributed by atoms with Gasteiger partial charge >= 0.3 is 0 Å². The molecule has 0 amide bonds. The Balaban J connectivity index is 2.46. The zero-order chi connectivity index (χ0) is 10.7. The first-order valence-corrected chi connectivity index (χ1v) is 4.43. The Hall–Kier alpha value is -1.97. The highest BCUT2D eigenvalue weighted by molar-refractivity contribution is 5.54. The van der Waals surface area contributed by atoms with Crippen LogP contribution in [0.5, 0.6) is 5.88 Å². The van der Waals surface area contributed by atoms with Crippen molar-refractivity contribution in [3.8, 4) is 17.3 Å². The molecule has 0 spiro atoms. The molecule has 0 bridgehead atoms. The van der Waals surface area contributed by atoms with Crippen LogP contribution in [0.4, 0.5) is 4.39 Å². The Morgan fingerprint density at radius 2 is 1.93 bits per heavy atom. The number of ether oxygens (including phenoxy) is 1.